The molecule has 0 saturated carbocycles. The minimum Gasteiger partial charge on any atom is -0.394 e. The van der Waals surface area contributed by atoms with Gasteiger partial charge in [0.25, 0.3) is 0 Å². The van der Waals surface area contributed by atoms with E-state index in [9.17, 15) is 91.9 Å². The Balaban J connectivity index is 1.25. The molecule has 6 heterocycles. The van der Waals surface area contributed by atoms with Crippen LogP contribution in [0, 0.1) is 0 Å². The Morgan fingerprint density at radius 3 is 1.10 bits per heavy atom. The average Bonchev–Trinajstić information content (AvgIpc) is 3.26. The quantitative estimate of drug-likeness (QED) is 0.0769. The topological polar surface area (TPSA) is 466 Å². The van der Waals surface area contributed by atoms with Crippen LogP contribution < -0.4 is 0 Å². The number of ether oxygens (including phenoxy) is 11. The minimum atomic E-state index is -2.22. The molecular weight excluding hydrogens is 872 g/mol. The molecule has 0 amide bonds. The second-order valence-corrected chi connectivity index (χ2v) is 15.9. The van der Waals surface area contributed by atoms with E-state index in [-0.39, 0.29) is 0 Å². The highest BCUT2D eigenvalue weighted by Crippen LogP contribution is 2.35. The van der Waals surface area contributed by atoms with Crippen molar-refractivity contribution in [3.8, 4) is 0 Å². The van der Waals surface area contributed by atoms with Gasteiger partial charge >= 0.3 is 0 Å². The number of rotatable bonds is 14. The summed E-state index contributed by atoms with van der Waals surface area (Å²) in [6.45, 7) is -4.44. The molecule has 6 aliphatic heterocycles. The first-order valence-corrected chi connectivity index (χ1v) is 19.9. The second kappa shape index (κ2) is 21.9. The molecule has 0 aliphatic carbocycles. The van der Waals surface area contributed by atoms with Crippen LogP contribution in [-0.4, -0.2) is 304 Å². The van der Waals surface area contributed by atoms with E-state index in [0.717, 1.165) is 0 Å². The normalized spacial score (nSPS) is 53.6. The van der Waals surface area contributed by atoms with Gasteiger partial charge in [-0.15, -0.1) is 0 Å². The van der Waals surface area contributed by atoms with E-state index in [2.05, 4.69) is 0 Å². The molecule has 18 N–H and O–H groups in total. The lowest BCUT2D eigenvalue weighted by Gasteiger charge is -2.49. The van der Waals surface area contributed by atoms with Crippen LogP contribution in [0.4, 0.5) is 0 Å². The predicted molar refractivity (Wildman–Crippen MR) is 187 cm³/mol. The van der Waals surface area contributed by atoms with E-state index in [1.165, 1.54) is 0 Å². The monoisotopic (exact) mass is 930 g/mol. The largest absolute Gasteiger partial charge is 0.394 e. The van der Waals surface area contributed by atoms with Crippen molar-refractivity contribution in [3.63, 3.8) is 0 Å². The van der Waals surface area contributed by atoms with Crippen molar-refractivity contribution >= 4 is 0 Å². The number of aliphatic hydroxyl groups is 18. The van der Waals surface area contributed by atoms with Gasteiger partial charge in [-0.25, -0.2) is 0 Å². The van der Waals surface area contributed by atoms with Crippen LogP contribution in [0.1, 0.15) is 0 Å². The molecule has 0 spiro atoms. The predicted octanol–water partition coefficient (Wildman–Crippen LogP) is -12.8. The van der Waals surface area contributed by atoms with Crippen LogP contribution >= 0.6 is 0 Å². The van der Waals surface area contributed by atoms with Crippen molar-refractivity contribution in [3.05, 3.63) is 0 Å². The van der Waals surface area contributed by atoms with Crippen LogP contribution in [-0.2, 0) is 52.1 Å². The summed E-state index contributed by atoms with van der Waals surface area (Å²) in [5.74, 6) is 0. The summed E-state index contributed by atoms with van der Waals surface area (Å²) in [7, 11) is 0. The average molecular weight is 931 g/mol. The molecule has 0 bridgehead atoms. The molecule has 0 aromatic carbocycles. The van der Waals surface area contributed by atoms with Gasteiger partial charge in [0.15, 0.2) is 37.7 Å². The maximum absolute atomic E-state index is 11.5. The third-order valence-corrected chi connectivity index (χ3v) is 11.6. The summed E-state index contributed by atoms with van der Waals surface area (Å²) in [5, 5.41) is 188. The smallest absolute Gasteiger partial charge is 0.187 e. The maximum atomic E-state index is 11.5. The lowest BCUT2D eigenvalue weighted by Crippen LogP contribution is -2.68. The third-order valence-electron chi connectivity index (χ3n) is 11.6. The molecule has 0 aromatic rings. The molecular formula is C34H58O29. The number of aliphatic hydroxyl groups excluding tert-OH is 18. The maximum Gasteiger partial charge on any atom is 0.187 e. The molecule has 1 unspecified atom stereocenters. The first kappa shape index (κ1) is 51.2. The summed E-state index contributed by atoms with van der Waals surface area (Å²) in [6, 6.07) is 0. The van der Waals surface area contributed by atoms with Crippen molar-refractivity contribution in [1.82, 2.24) is 0 Å². The fourth-order valence-electron chi connectivity index (χ4n) is 7.75. The van der Waals surface area contributed by atoms with Gasteiger partial charge in [-0.3, -0.25) is 0 Å². The van der Waals surface area contributed by atoms with Crippen LogP contribution in [0.15, 0.2) is 0 Å². The van der Waals surface area contributed by atoms with E-state index in [1.54, 1.807) is 0 Å². The SMILES string of the molecule is OC[C@H]1O[C@@H](O[C@H]2[C@H](O)[C@@H](O)[C@H](O[C@H]3[C@H](O)[C@@H](O)[C@H](O[C@H]4[C@H](O)[C@@H](O)C(O)O[C@@H]4CO)O[C@@H]3CO[C@H]3OC[C@@H](O)[C@H](O)[C@H]3O)O[C@@H]2CO[C@H]2OC[C@@H](O)[C@H](O)[C@H]2O)[C@H](O)[C@@H](O)[C@@H]1O. The van der Waals surface area contributed by atoms with Crippen LogP contribution in [0.2, 0.25) is 0 Å². The fraction of sp³-hybridized carbons (Fsp3) is 1.00. The zero-order valence-corrected chi connectivity index (χ0v) is 32.9. The molecule has 29 heteroatoms. The third kappa shape index (κ3) is 10.9. The lowest BCUT2D eigenvalue weighted by atomic mass is 9.95. The molecule has 63 heavy (non-hydrogen) atoms. The van der Waals surface area contributed by atoms with Crippen molar-refractivity contribution < 1.29 is 144 Å². The molecule has 6 aliphatic rings. The van der Waals surface area contributed by atoms with Gasteiger partial charge in [0, 0.05) is 0 Å². The van der Waals surface area contributed by atoms with E-state index >= 15 is 0 Å². The molecule has 28 atom stereocenters. The molecule has 6 saturated heterocycles. The highest BCUT2D eigenvalue weighted by atomic mass is 16.8. The molecule has 29 nitrogen and oxygen atoms in total. The van der Waals surface area contributed by atoms with Gasteiger partial charge in [0.2, 0.25) is 0 Å². The summed E-state index contributed by atoms with van der Waals surface area (Å²) in [6.07, 6.45) is -52.2. The zero-order chi connectivity index (χ0) is 46.2. The van der Waals surface area contributed by atoms with E-state index in [1.807, 2.05) is 0 Å². The van der Waals surface area contributed by atoms with E-state index in [4.69, 9.17) is 52.1 Å². The van der Waals surface area contributed by atoms with E-state index < -0.39 is 212 Å². The van der Waals surface area contributed by atoms with Gasteiger partial charge < -0.3 is 144 Å². The molecule has 0 aromatic heterocycles. The van der Waals surface area contributed by atoms with Crippen molar-refractivity contribution in [2.24, 2.45) is 0 Å². The Morgan fingerprint density at radius 1 is 0.333 bits per heavy atom. The molecule has 0 radical (unpaired) electrons. The van der Waals surface area contributed by atoms with Gasteiger partial charge in [-0.05, 0) is 0 Å². The van der Waals surface area contributed by atoms with Gasteiger partial charge in [-0.1, -0.05) is 0 Å². The lowest BCUT2D eigenvalue weighted by molar-refractivity contribution is -0.393. The van der Waals surface area contributed by atoms with Crippen LogP contribution in [0.5, 0.6) is 0 Å². The second-order valence-electron chi connectivity index (χ2n) is 15.9. The van der Waals surface area contributed by atoms with Gasteiger partial charge in [0.05, 0.1) is 39.6 Å². The summed E-state index contributed by atoms with van der Waals surface area (Å²) in [5.41, 5.74) is 0. The summed E-state index contributed by atoms with van der Waals surface area (Å²) >= 11 is 0. The first-order chi connectivity index (χ1) is 29.8. The molecule has 6 fully saturated rings. The van der Waals surface area contributed by atoms with Crippen molar-refractivity contribution in [2.75, 3.05) is 39.6 Å². The van der Waals surface area contributed by atoms with Crippen LogP contribution in [0.25, 0.3) is 0 Å². The summed E-state index contributed by atoms with van der Waals surface area (Å²) < 4.78 is 61.2. The standard InChI is InChI=1S/C34H58O29/c35-1-9-15(41)16(42)23(49)32(58-9)62-27-11(5-55-30-21(47)13(39)7(37)3-53-30)60-34(25(51)19(27)45)63-28-12(6-56-31-22(48)14(40)8(38)4-54-31)59-33(24(50)18(28)44)61-26-10(2-36)57-29(52)20(46)17(26)43/h7-52H,1-6H2/t7-,8-,9-,10-,11-,12-,13+,14+,15-,16+,17-,18-,19-,20-,21-,22-,23-,24-,25-,26-,27-,28-,29?,30-,31-,32+,33+,34+/m1/s1. The Kier molecular flexibility index (Phi) is 17.8. The van der Waals surface area contributed by atoms with Gasteiger partial charge in [-0.2, -0.15) is 0 Å². The highest BCUT2D eigenvalue weighted by Gasteiger charge is 2.56. The Bertz CT molecular complexity index is 1400. The Hall–Kier alpha value is -1.16. The molecule has 368 valence electrons. The number of hydrogen-bond acceptors (Lipinski definition) is 29. The fourth-order valence-corrected chi connectivity index (χ4v) is 7.75. The van der Waals surface area contributed by atoms with Crippen molar-refractivity contribution in [1.29, 1.82) is 0 Å². The van der Waals surface area contributed by atoms with Crippen molar-refractivity contribution in [2.45, 2.75) is 172 Å². The van der Waals surface area contributed by atoms with Gasteiger partial charge in [0.1, 0.15) is 134 Å². The summed E-state index contributed by atoms with van der Waals surface area (Å²) in [4.78, 5) is 0. The highest BCUT2D eigenvalue weighted by molar-refractivity contribution is 4.98. The van der Waals surface area contributed by atoms with E-state index in [0.29, 0.717) is 0 Å². The zero-order valence-electron chi connectivity index (χ0n) is 32.9. The first-order valence-electron chi connectivity index (χ1n) is 19.9. The Labute approximate surface area is 355 Å². The molecule has 6 rings (SSSR count). The van der Waals surface area contributed by atoms with Crippen LogP contribution in [0.3, 0.4) is 0 Å². The Morgan fingerprint density at radius 2 is 0.683 bits per heavy atom. The minimum absolute atomic E-state index is 0.513. The number of hydrogen-bond donors (Lipinski definition) is 18.